The first-order chi connectivity index (χ1) is 9.82. The second-order valence-corrected chi connectivity index (χ2v) is 4.67. The number of imidazole rings is 1. The quantitative estimate of drug-likeness (QED) is 0.859. The van der Waals surface area contributed by atoms with Crippen molar-refractivity contribution in [2.24, 2.45) is 0 Å². The average molecular weight is 301 g/mol. The third-order valence-corrected chi connectivity index (χ3v) is 2.89. The van der Waals surface area contributed by atoms with Gasteiger partial charge in [-0.2, -0.15) is 13.2 Å². The maximum absolute atomic E-state index is 13.9. The Hall–Kier alpha value is -2.05. The lowest BCUT2D eigenvalue weighted by Crippen LogP contribution is -2.10. The van der Waals surface area contributed by atoms with E-state index in [9.17, 15) is 17.6 Å². The first-order valence-electron chi connectivity index (χ1n) is 6.50. The lowest BCUT2D eigenvalue weighted by molar-refractivity contribution is -0.137. The van der Waals surface area contributed by atoms with Crippen molar-refractivity contribution in [2.45, 2.75) is 26.4 Å². The van der Waals surface area contributed by atoms with Gasteiger partial charge in [0.05, 0.1) is 16.9 Å². The fourth-order valence-corrected chi connectivity index (χ4v) is 1.92. The molecule has 2 rings (SSSR count). The van der Waals surface area contributed by atoms with Gasteiger partial charge in [0.15, 0.2) is 0 Å². The fourth-order valence-electron chi connectivity index (χ4n) is 1.92. The maximum atomic E-state index is 13.9. The normalized spacial score (nSPS) is 11.7. The summed E-state index contributed by atoms with van der Waals surface area (Å²) in [6, 6.07) is 2.33. The molecule has 0 bridgehead atoms. The molecule has 0 fully saturated rings. The molecule has 2 aromatic rings. The van der Waals surface area contributed by atoms with Crippen molar-refractivity contribution >= 4 is 5.95 Å². The van der Waals surface area contributed by atoms with E-state index in [2.05, 4.69) is 10.3 Å². The summed E-state index contributed by atoms with van der Waals surface area (Å²) in [5.41, 5.74) is -0.485. The molecule has 1 aromatic carbocycles. The van der Waals surface area contributed by atoms with Gasteiger partial charge in [-0.3, -0.25) is 4.57 Å². The van der Waals surface area contributed by atoms with Crippen molar-refractivity contribution in [2.75, 3.05) is 11.9 Å². The van der Waals surface area contributed by atoms with Gasteiger partial charge in [-0.05, 0) is 31.5 Å². The molecule has 21 heavy (non-hydrogen) atoms. The van der Waals surface area contributed by atoms with Crippen LogP contribution in [0.5, 0.6) is 0 Å². The Kier molecular flexibility index (Phi) is 4.20. The summed E-state index contributed by atoms with van der Waals surface area (Å²) in [5, 5.41) is 2.97. The van der Waals surface area contributed by atoms with Crippen LogP contribution in [0.4, 0.5) is 23.5 Å². The number of halogens is 4. The van der Waals surface area contributed by atoms with Gasteiger partial charge in [0.25, 0.3) is 0 Å². The van der Waals surface area contributed by atoms with Crippen molar-refractivity contribution in [3.05, 3.63) is 41.5 Å². The Morgan fingerprint density at radius 3 is 2.62 bits per heavy atom. The van der Waals surface area contributed by atoms with Crippen LogP contribution in [-0.4, -0.2) is 16.1 Å². The predicted molar refractivity (Wildman–Crippen MR) is 72.0 cm³/mol. The van der Waals surface area contributed by atoms with Gasteiger partial charge in [-0.25, -0.2) is 9.37 Å². The van der Waals surface area contributed by atoms with Crippen molar-refractivity contribution in [3.8, 4) is 5.69 Å². The van der Waals surface area contributed by atoms with Crippen molar-refractivity contribution in [1.82, 2.24) is 9.55 Å². The molecule has 0 aliphatic heterocycles. The highest BCUT2D eigenvalue weighted by molar-refractivity contribution is 5.46. The van der Waals surface area contributed by atoms with Crippen LogP contribution in [0.15, 0.2) is 24.4 Å². The van der Waals surface area contributed by atoms with Crippen molar-refractivity contribution in [1.29, 1.82) is 0 Å². The van der Waals surface area contributed by atoms with Crippen LogP contribution in [0.1, 0.15) is 24.6 Å². The van der Waals surface area contributed by atoms with Crippen LogP contribution >= 0.6 is 0 Å². The Morgan fingerprint density at radius 1 is 1.29 bits per heavy atom. The third-order valence-electron chi connectivity index (χ3n) is 2.89. The molecular formula is C14H15F4N3. The summed E-state index contributed by atoms with van der Waals surface area (Å²) in [7, 11) is 0. The van der Waals surface area contributed by atoms with E-state index >= 15 is 0 Å². The molecule has 0 radical (unpaired) electrons. The molecule has 1 aromatic heterocycles. The Balaban J connectivity index is 2.50. The number of nitrogens with one attached hydrogen (secondary N) is 1. The highest BCUT2D eigenvalue weighted by atomic mass is 19.4. The van der Waals surface area contributed by atoms with E-state index in [1.54, 1.807) is 6.92 Å². The third kappa shape index (κ3) is 3.34. The summed E-state index contributed by atoms with van der Waals surface area (Å²) in [6.07, 6.45) is -2.21. The van der Waals surface area contributed by atoms with E-state index < -0.39 is 17.6 Å². The number of rotatable bonds is 4. The molecule has 0 saturated carbocycles. The molecule has 0 aliphatic carbocycles. The molecule has 0 saturated heterocycles. The Labute approximate surface area is 119 Å². The zero-order chi connectivity index (χ0) is 15.6. The van der Waals surface area contributed by atoms with Crippen LogP contribution in [0.2, 0.25) is 0 Å². The maximum Gasteiger partial charge on any atom is 0.416 e. The second-order valence-electron chi connectivity index (χ2n) is 4.67. The second kappa shape index (κ2) is 5.75. The number of hydrogen-bond donors (Lipinski definition) is 1. The zero-order valence-corrected chi connectivity index (χ0v) is 11.6. The number of hydrogen-bond acceptors (Lipinski definition) is 2. The summed E-state index contributed by atoms with van der Waals surface area (Å²) in [5.74, 6) is -0.410. The zero-order valence-electron chi connectivity index (χ0n) is 11.6. The first kappa shape index (κ1) is 15.3. The van der Waals surface area contributed by atoms with E-state index in [1.807, 2.05) is 6.92 Å². The first-order valence-corrected chi connectivity index (χ1v) is 6.50. The van der Waals surface area contributed by atoms with Crippen molar-refractivity contribution < 1.29 is 17.6 Å². The average Bonchev–Trinajstić information content (AvgIpc) is 2.76. The minimum atomic E-state index is -4.52. The molecule has 0 amide bonds. The standard InChI is InChI=1S/C14H15F4N3/c1-3-6-19-13-20-9(2)8-21(13)12-7-10(14(16,17)18)4-5-11(12)15/h4-5,7-8H,3,6H2,1-2H3,(H,19,20). The molecule has 3 nitrogen and oxygen atoms in total. The lowest BCUT2D eigenvalue weighted by Gasteiger charge is -2.13. The van der Waals surface area contributed by atoms with Gasteiger partial charge < -0.3 is 5.32 Å². The summed E-state index contributed by atoms with van der Waals surface area (Å²) in [6.45, 7) is 4.23. The number of alkyl halides is 3. The number of aromatic nitrogens is 2. The SMILES string of the molecule is CCCNc1nc(C)cn1-c1cc(C(F)(F)F)ccc1F. The van der Waals surface area contributed by atoms with Crippen LogP contribution in [0.3, 0.4) is 0 Å². The van der Waals surface area contributed by atoms with Gasteiger partial charge in [-0.1, -0.05) is 6.92 Å². The largest absolute Gasteiger partial charge is 0.416 e. The molecule has 0 aliphatic rings. The number of nitrogens with zero attached hydrogens (tertiary/aromatic N) is 2. The molecule has 0 unspecified atom stereocenters. The number of aryl methyl sites for hydroxylation is 1. The predicted octanol–water partition coefficient (Wildman–Crippen LogP) is 4.16. The molecule has 1 N–H and O–H groups in total. The number of anilines is 1. The lowest BCUT2D eigenvalue weighted by atomic mass is 10.2. The van der Waals surface area contributed by atoms with Gasteiger partial charge in [0, 0.05) is 12.7 Å². The van der Waals surface area contributed by atoms with E-state index in [4.69, 9.17) is 0 Å². The van der Waals surface area contributed by atoms with Crippen LogP contribution < -0.4 is 5.32 Å². The van der Waals surface area contributed by atoms with Crippen LogP contribution in [0.25, 0.3) is 5.69 Å². The minimum absolute atomic E-state index is 0.177. The molecular weight excluding hydrogens is 286 g/mol. The van der Waals surface area contributed by atoms with E-state index in [0.29, 0.717) is 18.2 Å². The van der Waals surface area contributed by atoms with E-state index in [-0.39, 0.29) is 5.69 Å². The molecule has 1 heterocycles. The van der Waals surface area contributed by atoms with Gasteiger partial charge in [-0.15, -0.1) is 0 Å². The molecule has 7 heteroatoms. The smallest absolute Gasteiger partial charge is 0.355 e. The molecule has 0 atom stereocenters. The molecule has 114 valence electrons. The topological polar surface area (TPSA) is 29.9 Å². The fraction of sp³-hybridized carbons (Fsp3) is 0.357. The highest BCUT2D eigenvalue weighted by Gasteiger charge is 2.31. The summed E-state index contributed by atoms with van der Waals surface area (Å²) < 4.78 is 53.5. The van der Waals surface area contributed by atoms with E-state index in [0.717, 1.165) is 24.6 Å². The summed E-state index contributed by atoms with van der Waals surface area (Å²) in [4.78, 5) is 4.16. The molecule has 0 spiro atoms. The van der Waals surface area contributed by atoms with Crippen molar-refractivity contribution in [3.63, 3.8) is 0 Å². The Bertz CT molecular complexity index is 632. The van der Waals surface area contributed by atoms with E-state index in [1.165, 1.54) is 10.8 Å². The Morgan fingerprint density at radius 2 is 2.00 bits per heavy atom. The monoisotopic (exact) mass is 301 g/mol. The van der Waals surface area contributed by atoms with Crippen LogP contribution in [-0.2, 0) is 6.18 Å². The van der Waals surface area contributed by atoms with Gasteiger partial charge in [0.2, 0.25) is 5.95 Å². The summed E-state index contributed by atoms with van der Waals surface area (Å²) >= 11 is 0. The van der Waals surface area contributed by atoms with Crippen LogP contribution in [0, 0.1) is 12.7 Å². The number of benzene rings is 1. The highest BCUT2D eigenvalue weighted by Crippen LogP contribution is 2.32. The van der Waals surface area contributed by atoms with Gasteiger partial charge in [0.1, 0.15) is 5.82 Å². The minimum Gasteiger partial charge on any atom is -0.355 e. The van der Waals surface area contributed by atoms with Gasteiger partial charge >= 0.3 is 6.18 Å².